The summed E-state index contributed by atoms with van der Waals surface area (Å²) in [4.78, 5) is 14.2. The molecule has 0 aliphatic carbocycles. The molecule has 1 aromatic rings. The quantitative estimate of drug-likeness (QED) is 0.824. The van der Waals surface area contributed by atoms with Gasteiger partial charge in [-0.2, -0.15) is 0 Å². The first kappa shape index (κ1) is 12.9. The van der Waals surface area contributed by atoms with E-state index in [9.17, 15) is 4.79 Å². The maximum atomic E-state index is 12.4. The fourth-order valence-corrected chi connectivity index (χ4v) is 2.37. The monoisotopic (exact) mass is 249 g/mol. The molecule has 0 unspecified atom stereocenters. The first-order valence-electron chi connectivity index (χ1n) is 6.15. The van der Waals surface area contributed by atoms with Crippen molar-refractivity contribution in [2.75, 3.05) is 20.8 Å². The highest BCUT2D eigenvalue weighted by Crippen LogP contribution is 2.23. The van der Waals surface area contributed by atoms with Crippen LogP contribution in [-0.4, -0.2) is 37.8 Å². The van der Waals surface area contributed by atoms with Crippen molar-refractivity contribution >= 4 is 5.91 Å². The summed E-state index contributed by atoms with van der Waals surface area (Å²) in [6, 6.07) is 5.57. The Bertz CT molecular complexity index is 445. The number of hydrogen-bond donors (Lipinski definition) is 0. The molecule has 1 heterocycles. The van der Waals surface area contributed by atoms with Crippen LogP contribution in [0.15, 0.2) is 18.2 Å². The molecular formula is C14H19NO3. The van der Waals surface area contributed by atoms with Crippen LogP contribution in [0, 0.1) is 6.92 Å². The van der Waals surface area contributed by atoms with E-state index < -0.39 is 0 Å². The Hall–Kier alpha value is -1.55. The van der Waals surface area contributed by atoms with E-state index >= 15 is 0 Å². The van der Waals surface area contributed by atoms with Crippen LogP contribution in [0.1, 0.15) is 28.8 Å². The third-order valence-corrected chi connectivity index (χ3v) is 3.26. The second-order valence-electron chi connectivity index (χ2n) is 4.57. The maximum Gasteiger partial charge on any atom is 0.256 e. The van der Waals surface area contributed by atoms with Gasteiger partial charge in [-0.15, -0.1) is 0 Å². The smallest absolute Gasteiger partial charge is 0.256 e. The molecule has 1 saturated heterocycles. The molecule has 0 saturated carbocycles. The van der Waals surface area contributed by atoms with Gasteiger partial charge >= 0.3 is 0 Å². The summed E-state index contributed by atoms with van der Waals surface area (Å²) >= 11 is 0. The Morgan fingerprint density at radius 2 is 2.11 bits per heavy atom. The van der Waals surface area contributed by atoms with E-state index in [1.807, 2.05) is 19.1 Å². The van der Waals surface area contributed by atoms with Crippen molar-refractivity contribution in [1.82, 2.24) is 4.90 Å². The van der Waals surface area contributed by atoms with Crippen LogP contribution in [0.2, 0.25) is 0 Å². The molecule has 0 radical (unpaired) electrons. The molecule has 1 amide bonds. The number of carbonyl (C=O) groups is 1. The number of rotatable bonds is 3. The van der Waals surface area contributed by atoms with Crippen molar-refractivity contribution in [1.29, 1.82) is 0 Å². The summed E-state index contributed by atoms with van der Waals surface area (Å²) in [6.07, 6.45) is 1.81. The number of likely N-dealkylation sites (tertiary alicyclic amines) is 1. The second kappa shape index (κ2) is 5.40. The van der Waals surface area contributed by atoms with Gasteiger partial charge in [0.15, 0.2) is 0 Å². The lowest BCUT2D eigenvalue weighted by molar-refractivity contribution is 0.00164. The predicted octanol–water partition coefficient (Wildman–Crippen LogP) is 2.21. The van der Waals surface area contributed by atoms with Crippen LogP contribution in [0.3, 0.4) is 0 Å². The number of ether oxygens (including phenoxy) is 2. The van der Waals surface area contributed by atoms with Gasteiger partial charge in [-0.05, 0) is 43.5 Å². The fourth-order valence-electron chi connectivity index (χ4n) is 2.37. The van der Waals surface area contributed by atoms with Crippen LogP contribution in [0.25, 0.3) is 0 Å². The standard InChI is InChI=1S/C14H19NO3/c1-10-7-11(9-12(8-10)17-2)14(16)15-6-4-5-13(15)18-3/h7-9,13H,4-6H2,1-3H3/t13-/m0/s1. The summed E-state index contributed by atoms with van der Waals surface area (Å²) in [6.45, 7) is 2.71. The highest BCUT2D eigenvalue weighted by molar-refractivity contribution is 5.95. The Balaban J connectivity index is 2.25. The molecule has 0 aromatic heterocycles. The summed E-state index contributed by atoms with van der Waals surface area (Å²) in [5, 5.41) is 0. The van der Waals surface area contributed by atoms with Crippen LogP contribution in [0.5, 0.6) is 5.75 Å². The largest absolute Gasteiger partial charge is 0.497 e. The van der Waals surface area contributed by atoms with E-state index in [1.165, 1.54) is 0 Å². The van der Waals surface area contributed by atoms with Crippen LogP contribution < -0.4 is 4.74 Å². The van der Waals surface area contributed by atoms with E-state index in [0.29, 0.717) is 11.3 Å². The van der Waals surface area contributed by atoms with Gasteiger partial charge in [0, 0.05) is 19.2 Å². The SMILES string of the molecule is COc1cc(C)cc(C(=O)N2CCC[C@@H]2OC)c1. The Kier molecular flexibility index (Phi) is 3.87. The predicted molar refractivity (Wildman–Crippen MR) is 68.8 cm³/mol. The van der Waals surface area contributed by atoms with E-state index in [-0.39, 0.29) is 12.1 Å². The van der Waals surface area contributed by atoms with Crippen molar-refractivity contribution in [2.24, 2.45) is 0 Å². The topological polar surface area (TPSA) is 38.8 Å². The first-order valence-corrected chi connectivity index (χ1v) is 6.15. The Morgan fingerprint density at radius 1 is 1.33 bits per heavy atom. The number of carbonyl (C=O) groups excluding carboxylic acids is 1. The van der Waals surface area contributed by atoms with Gasteiger partial charge in [-0.1, -0.05) is 0 Å². The van der Waals surface area contributed by atoms with Gasteiger partial charge in [0.1, 0.15) is 12.0 Å². The molecule has 4 nitrogen and oxygen atoms in total. The van der Waals surface area contributed by atoms with E-state index in [4.69, 9.17) is 9.47 Å². The molecular weight excluding hydrogens is 230 g/mol. The molecule has 1 aliphatic heterocycles. The van der Waals surface area contributed by atoms with Gasteiger partial charge in [0.25, 0.3) is 5.91 Å². The minimum Gasteiger partial charge on any atom is -0.497 e. The van der Waals surface area contributed by atoms with Gasteiger partial charge < -0.3 is 14.4 Å². The average Bonchev–Trinajstić information content (AvgIpc) is 2.85. The number of hydrogen-bond acceptors (Lipinski definition) is 3. The van der Waals surface area contributed by atoms with Gasteiger partial charge in [-0.3, -0.25) is 4.79 Å². The van der Waals surface area contributed by atoms with Crippen LogP contribution in [-0.2, 0) is 4.74 Å². The number of nitrogens with zero attached hydrogens (tertiary/aromatic N) is 1. The number of amides is 1. The molecule has 0 bridgehead atoms. The van der Waals surface area contributed by atoms with Gasteiger partial charge in [0.05, 0.1) is 7.11 Å². The Labute approximate surface area is 107 Å². The van der Waals surface area contributed by atoms with Gasteiger partial charge in [0.2, 0.25) is 0 Å². The third kappa shape index (κ3) is 2.48. The highest BCUT2D eigenvalue weighted by Gasteiger charge is 2.29. The van der Waals surface area contributed by atoms with Crippen LogP contribution in [0.4, 0.5) is 0 Å². The lowest BCUT2D eigenvalue weighted by atomic mass is 10.1. The second-order valence-corrected chi connectivity index (χ2v) is 4.57. The zero-order valence-corrected chi connectivity index (χ0v) is 11.1. The first-order chi connectivity index (χ1) is 8.65. The lowest BCUT2D eigenvalue weighted by Gasteiger charge is -2.23. The molecule has 1 aromatic carbocycles. The normalized spacial score (nSPS) is 19.1. The molecule has 0 spiro atoms. The molecule has 4 heteroatoms. The van der Waals surface area contributed by atoms with E-state index in [1.54, 1.807) is 25.2 Å². The average molecular weight is 249 g/mol. The van der Waals surface area contributed by atoms with Crippen LogP contribution >= 0.6 is 0 Å². The van der Waals surface area contributed by atoms with Crippen molar-refractivity contribution in [2.45, 2.75) is 26.0 Å². The minimum absolute atomic E-state index is 0.0151. The van der Waals surface area contributed by atoms with E-state index in [2.05, 4.69) is 0 Å². The number of methoxy groups -OCH3 is 2. The van der Waals surface area contributed by atoms with Crippen molar-refractivity contribution in [3.05, 3.63) is 29.3 Å². The summed E-state index contributed by atoms with van der Waals surface area (Å²) in [5.41, 5.74) is 1.68. The highest BCUT2D eigenvalue weighted by atomic mass is 16.5. The number of aryl methyl sites for hydroxylation is 1. The maximum absolute atomic E-state index is 12.4. The molecule has 18 heavy (non-hydrogen) atoms. The molecule has 1 atom stereocenters. The minimum atomic E-state index is -0.0935. The zero-order valence-electron chi connectivity index (χ0n) is 11.1. The Morgan fingerprint density at radius 3 is 2.78 bits per heavy atom. The molecule has 0 N–H and O–H groups in total. The summed E-state index contributed by atoms with van der Waals surface area (Å²) < 4.78 is 10.5. The summed E-state index contributed by atoms with van der Waals surface area (Å²) in [7, 11) is 3.25. The van der Waals surface area contributed by atoms with E-state index in [0.717, 1.165) is 24.9 Å². The molecule has 1 fully saturated rings. The lowest BCUT2D eigenvalue weighted by Crippen LogP contribution is -2.36. The molecule has 1 aliphatic rings. The van der Waals surface area contributed by atoms with Crippen molar-refractivity contribution < 1.29 is 14.3 Å². The molecule has 2 rings (SSSR count). The molecule has 98 valence electrons. The van der Waals surface area contributed by atoms with Crippen molar-refractivity contribution in [3.63, 3.8) is 0 Å². The zero-order chi connectivity index (χ0) is 13.1. The van der Waals surface area contributed by atoms with Crippen molar-refractivity contribution in [3.8, 4) is 5.75 Å². The summed E-state index contributed by atoms with van der Waals surface area (Å²) in [5.74, 6) is 0.730. The van der Waals surface area contributed by atoms with Gasteiger partial charge in [-0.25, -0.2) is 0 Å². The number of benzene rings is 1. The fraction of sp³-hybridized carbons (Fsp3) is 0.500. The third-order valence-electron chi connectivity index (χ3n) is 3.26.